The molecule has 8 nitrogen and oxygen atoms in total. The lowest BCUT2D eigenvalue weighted by atomic mass is 9.87. The number of piperidine rings is 1. The van der Waals surface area contributed by atoms with Crippen LogP contribution in [0.5, 0.6) is 5.75 Å². The maximum absolute atomic E-state index is 15.6. The first-order valence-corrected chi connectivity index (χ1v) is 9.33. The van der Waals surface area contributed by atoms with Crippen molar-refractivity contribution in [1.29, 1.82) is 5.26 Å². The lowest BCUT2D eigenvalue weighted by Crippen LogP contribution is -2.65. The van der Waals surface area contributed by atoms with Crippen LogP contribution in [-0.4, -0.2) is 63.6 Å². The summed E-state index contributed by atoms with van der Waals surface area (Å²) >= 11 is 0. The second-order valence-electron chi connectivity index (χ2n) is 7.24. The SMILES string of the molecule is N#Cc1cncc2c1OCCN(C(=O)[C@@]1(F)CCN(c3ncc(F)cn3)CC1(F)F)C2. The maximum atomic E-state index is 15.6. The summed E-state index contributed by atoms with van der Waals surface area (Å²) in [5.41, 5.74) is -2.98. The molecule has 0 N–H and O–H groups in total. The first-order valence-electron chi connectivity index (χ1n) is 9.33. The number of hydrogen-bond acceptors (Lipinski definition) is 7. The van der Waals surface area contributed by atoms with Gasteiger partial charge in [-0.25, -0.2) is 27.5 Å². The van der Waals surface area contributed by atoms with Crippen molar-refractivity contribution in [2.75, 3.05) is 31.1 Å². The second kappa shape index (κ2) is 7.64. The Morgan fingerprint density at radius 1 is 1.16 bits per heavy atom. The average molecular weight is 436 g/mol. The third-order valence-electron chi connectivity index (χ3n) is 5.27. The second-order valence-corrected chi connectivity index (χ2v) is 7.24. The average Bonchev–Trinajstić information content (AvgIpc) is 2.98. The Labute approximate surface area is 174 Å². The Hall–Kier alpha value is -3.49. The van der Waals surface area contributed by atoms with E-state index in [0.717, 1.165) is 22.2 Å². The summed E-state index contributed by atoms with van der Waals surface area (Å²) in [7, 11) is 0. The summed E-state index contributed by atoms with van der Waals surface area (Å²) in [6.07, 6.45) is 3.47. The number of fused-ring (bicyclic) bond motifs is 1. The van der Waals surface area contributed by atoms with Gasteiger partial charge in [-0.15, -0.1) is 0 Å². The van der Waals surface area contributed by atoms with Crippen molar-refractivity contribution < 1.29 is 27.1 Å². The van der Waals surface area contributed by atoms with Gasteiger partial charge in [0, 0.05) is 30.9 Å². The van der Waals surface area contributed by atoms with E-state index in [0.29, 0.717) is 5.56 Å². The molecular weight excluding hydrogens is 420 g/mol. The number of hydrogen-bond donors (Lipinski definition) is 0. The molecule has 2 aliphatic heterocycles. The van der Waals surface area contributed by atoms with E-state index in [1.165, 1.54) is 12.4 Å². The van der Waals surface area contributed by atoms with Crippen molar-refractivity contribution in [3.05, 3.63) is 41.7 Å². The Bertz CT molecular complexity index is 1040. The zero-order valence-corrected chi connectivity index (χ0v) is 16.1. The number of rotatable bonds is 2. The van der Waals surface area contributed by atoms with Gasteiger partial charge >= 0.3 is 5.92 Å². The Morgan fingerprint density at radius 2 is 1.90 bits per heavy atom. The summed E-state index contributed by atoms with van der Waals surface area (Å²) < 4.78 is 63.9. The Morgan fingerprint density at radius 3 is 2.58 bits per heavy atom. The number of nitrogens with zero attached hydrogens (tertiary/aromatic N) is 6. The lowest BCUT2D eigenvalue weighted by Gasteiger charge is -2.43. The van der Waals surface area contributed by atoms with Gasteiger partial charge in [-0.05, 0) is 0 Å². The summed E-state index contributed by atoms with van der Waals surface area (Å²) in [4.78, 5) is 26.1. The molecule has 1 atom stereocenters. The molecular formula is C19H16F4N6O2. The highest BCUT2D eigenvalue weighted by Crippen LogP contribution is 2.42. The van der Waals surface area contributed by atoms with Gasteiger partial charge in [0.2, 0.25) is 5.95 Å². The van der Waals surface area contributed by atoms with Crippen molar-refractivity contribution in [1.82, 2.24) is 19.9 Å². The van der Waals surface area contributed by atoms with Crippen LogP contribution in [0.15, 0.2) is 24.8 Å². The van der Waals surface area contributed by atoms with Crippen molar-refractivity contribution in [2.24, 2.45) is 0 Å². The van der Waals surface area contributed by atoms with Gasteiger partial charge in [-0.3, -0.25) is 9.78 Å². The molecule has 2 aromatic heterocycles. The van der Waals surface area contributed by atoms with Gasteiger partial charge < -0.3 is 14.5 Å². The topological polar surface area (TPSA) is 95.2 Å². The van der Waals surface area contributed by atoms with Gasteiger partial charge in [0.25, 0.3) is 11.6 Å². The van der Waals surface area contributed by atoms with E-state index in [1.54, 1.807) is 0 Å². The number of amides is 1. The first kappa shape index (κ1) is 20.8. The summed E-state index contributed by atoms with van der Waals surface area (Å²) in [6.45, 7) is -1.84. The molecule has 31 heavy (non-hydrogen) atoms. The van der Waals surface area contributed by atoms with Gasteiger partial charge in [0.15, 0.2) is 5.82 Å². The van der Waals surface area contributed by atoms with Gasteiger partial charge in [0.1, 0.15) is 24.0 Å². The van der Waals surface area contributed by atoms with Crippen LogP contribution in [0, 0.1) is 17.1 Å². The van der Waals surface area contributed by atoms with E-state index in [9.17, 15) is 18.0 Å². The van der Waals surface area contributed by atoms with E-state index in [-0.39, 0.29) is 43.5 Å². The van der Waals surface area contributed by atoms with Gasteiger partial charge in [-0.2, -0.15) is 5.26 Å². The van der Waals surface area contributed by atoms with E-state index in [1.807, 2.05) is 6.07 Å². The zero-order chi connectivity index (χ0) is 22.2. The summed E-state index contributed by atoms with van der Waals surface area (Å²) in [5, 5.41) is 9.16. The molecule has 0 bridgehead atoms. The van der Waals surface area contributed by atoms with Crippen molar-refractivity contribution in [2.45, 2.75) is 24.6 Å². The molecule has 162 valence electrons. The number of anilines is 1. The molecule has 0 spiro atoms. The van der Waals surface area contributed by atoms with Crippen LogP contribution in [0.4, 0.5) is 23.5 Å². The molecule has 2 aliphatic rings. The van der Waals surface area contributed by atoms with E-state index in [2.05, 4.69) is 15.0 Å². The quantitative estimate of drug-likeness (QED) is 0.663. The highest BCUT2D eigenvalue weighted by Gasteiger charge is 2.64. The zero-order valence-electron chi connectivity index (χ0n) is 16.1. The van der Waals surface area contributed by atoms with Crippen molar-refractivity contribution >= 4 is 11.9 Å². The number of nitriles is 1. The summed E-state index contributed by atoms with van der Waals surface area (Å²) in [5.74, 6) is -6.13. The molecule has 2 aromatic rings. The lowest BCUT2D eigenvalue weighted by molar-refractivity contribution is -0.182. The number of carbonyl (C=O) groups is 1. The molecule has 4 heterocycles. The van der Waals surface area contributed by atoms with E-state index < -0.39 is 36.3 Å². The fourth-order valence-electron chi connectivity index (χ4n) is 3.64. The van der Waals surface area contributed by atoms with Gasteiger partial charge in [-0.1, -0.05) is 0 Å². The minimum absolute atomic E-state index is 0.0887. The number of aromatic nitrogens is 3. The van der Waals surface area contributed by atoms with Crippen LogP contribution in [0.25, 0.3) is 0 Å². The highest BCUT2D eigenvalue weighted by molar-refractivity contribution is 5.87. The number of carbonyl (C=O) groups excluding carboxylic acids is 1. The van der Waals surface area contributed by atoms with Gasteiger partial charge in [0.05, 0.1) is 32.0 Å². The smallest absolute Gasteiger partial charge is 0.307 e. The standard InChI is InChI=1S/C19H16F4N6O2/c20-14-8-26-17(27-9-14)29-2-1-18(21,19(22,23)11-29)16(30)28-3-4-31-15-12(5-24)6-25-7-13(15)10-28/h6-9H,1-4,10-11H2/t18-/m0/s1. The van der Waals surface area contributed by atoms with Crippen LogP contribution in [0.1, 0.15) is 17.5 Å². The third-order valence-corrected chi connectivity index (χ3v) is 5.27. The molecule has 0 aliphatic carbocycles. The molecule has 1 amide bonds. The Kier molecular flexibility index (Phi) is 5.12. The molecule has 1 saturated heterocycles. The summed E-state index contributed by atoms with van der Waals surface area (Å²) in [6, 6.07) is 1.91. The molecule has 0 unspecified atom stereocenters. The molecule has 0 saturated carbocycles. The van der Waals surface area contributed by atoms with Crippen LogP contribution in [0.3, 0.4) is 0 Å². The fourth-order valence-corrected chi connectivity index (χ4v) is 3.64. The maximum Gasteiger partial charge on any atom is 0.307 e. The van der Waals surface area contributed by atoms with Crippen molar-refractivity contribution in [3.8, 4) is 11.8 Å². The first-order chi connectivity index (χ1) is 14.7. The predicted octanol–water partition coefficient (Wildman–Crippen LogP) is 1.86. The molecule has 0 aromatic carbocycles. The third kappa shape index (κ3) is 3.60. The van der Waals surface area contributed by atoms with E-state index in [4.69, 9.17) is 10.00 Å². The minimum Gasteiger partial charge on any atom is -0.490 e. The van der Waals surface area contributed by atoms with Crippen LogP contribution >= 0.6 is 0 Å². The van der Waals surface area contributed by atoms with Crippen LogP contribution < -0.4 is 9.64 Å². The van der Waals surface area contributed by atoms with E-state index >= 15 is 4.39 Å². The van der Waals surface area contributed by atoms with Crippen LogP contribution in [-0.2, 0) is 11.3 Å². The predicted molar refractivity (Wildman–Crippen MR) is 97.5 cm³/mol. The monoisotopic (exact) mass is 436 g/mol. The fraction of sp³-hybridized carbons (Fsp3) is 0.421. The van der Waals surface area contributed by atoms with Crippen molar-refractivity contribution in [3.63, 3.8) is 0 Å². The number of ether oxygens (including phenoxy) is 1. The number of alkyl halides is 3. The molecule has 4 rings (SSSR count). The largest absolute Gasteiger partial charge is 0.490 e. The molecule has 0 radical (unpaired) electrons. The highest BCUT2D eigenvalue weighted by atomic mass is 19.3. The number of halogens is 4. The minimum atomic E-state index is -4.05. The van der Waals surface area contributed by atoms with Crippen LogP contribution in [0.2, 0.25) is 0 Å². The number of pyridine rings is 1. The molecule has 1 fully saturated rings. The normalized spacial score (nSPS) is 22.7. The Balaban J connectivity index is 1.56. The molecule has 12 heteroatoms.